The van der Waals surface area contributed by atoms with Crippen molar-refractivity contribution in [2.45, 2.75) is 43.1 Å². The first-order chi connectivity index (χ1) is 10.9. The van der Waals surface area contributed by atoms with E-state index in [9.17, 15) is 0 Å². The lowest BCUT2D eigenvalue weighted by Gasteiger charge is -2.05. The molecule has 0 fully saturated rings. The summed E-state index contributed by atoms with van der Waals surface area (Å²) in [5.41, 5.74) is 0.944. The quantitative estimate of drug-likeness (QED) is 0.676. The van der Waals surface area contributed by atoms with E-state index in [0.29, 0.717) is 5.89 Å². The molecule has 1 aliphatic rings. The normalized spacial score (nSPS) is 14.7. The van der Waals surface area contributed by atoms with E-state index in [4.69, 9.17) is 4.42 Å². The van der Waals surface area contributed by atoms with Crippen molar-refractivity contribution in [1.82, 2.24) is 19.7 Å². The van der Waals surface area contributed by atoms with Crippen molar-refractivity contribution in [3.63, 3.8) is 0 Å². The van der Waals surface area contributed by atoms with Gasteiger partial charge in [-0.2, -0.15) is 0 Å². The highest BCUT2D eigenvalue weighted by atomic mass is 32.2. The maximum Gasteiger partial charge on any atom is 0.236 e. The van der Waals surface area contributed by atoms with E-state index in [0.717, 1.165) is 40.3 Å². The zero-order valence-corrected chi connectivity index (χ0v) is 13.7. The summed E-state index contributed by atoms with van der Waals surface area (Å²) in [6, 6.07) is 4.02. The topological polar surface area (TPSA) is 56.7 Å². The van der Waals surface area contributed by atoms with Gasteiger partial charge in [-0.15, -0.1) is 21.5 Å². The molecule has 0 aliphatic carbocycles. The molecule has 0 N–H and O–H groups in total. The van der Waals surface area contributed by atoms with Crippen LogP contribution < -0.4 is 0 Å². The number of thioether (sulfide) groups is 1. The van der Waals surface area contributed by atoms with Crippen molar-refractivity contribution in [2.24, 2.45) is 0 Å². The molecule has 0 aromatic carbocycles. The standard InChI is InChI=1S/C15H16N4OS2/c1-2-6-13-17-18-15(19(13)7-3-1)22-10-11-9-20-14(16-11)12-5-4-8-21-12/h4-5,8-9H,1-3,6-7,10H2. The first-order valence-corrected chi connectivity index (χ1v) is 9.30. The van der Waals surface area contributed by atoms with Gasteiger partial charge in [0.15, 0.2) is 5.16 Å². The van der Waals surface area contributed by atoms with Gasteiger partial charge in [-0.25, -0.2) is 4.98 Å². The molecule has 7 heteroatoms. The average molecular weight is 332 g/mol. The van der Waals surface area contributed by atoms with Crippen molar-refractivity contribution in [2.75, 3.05) is 0 Å². The number of aryl methyl sites for hydroxylation is 1. The van der Waals surface area contributed by atoms with Crippen molar-refractivity contribution in [3.8, 4) is 10.8 Å². The number of nitrogens with zero attached hydrogens (tertiary/aromatic N) is 4. The fraction of sp³-hybridized carbons (Fsp3) is 0.400. The third kappa shape index (κ3) is 2.83. The Morgan fingerprint density at radius 1 is 1.27 bits per heavy atom. The Bertz CT molecular complexity index is 748. The van der Waals surface area contributed by atoms with Crippen LogP contribution in [0.2, 0.25) is 0 Å². The molecule has 0 saturated carbocycles. The predicted octanol–water partition coefficient (Wildman–Crippen LogP) is 4.01. The Morgan fingerprint density at radius 3 is 3.18 bits per heavy atom. The van der Waals surface area contributed by atoms with Crippen molar-refractivity contribution >= 4 is 23.1 Å². The highest BCUT2D eigenvalue weighted by Crippen LogP contribution is 2.27. The maximum atomic E-state index is 5.55. The molecule has 3 aromatic heterocycles. The summed E-state index contributed by atoms with van der Waals surface area (Å²) in [4.78, 5) is 5.61. The van der Waals surface area contributed by atoms with Gasteiger partial charge in [0.05, 0.1) is 10.6 Å². The van der Waals surface area contributed by atoms with Crippen LogP contribution in [0.1, 0.15) is 30.8 Å². The summed E-state index contributed by atoms with van der Waals surface area (Å²) in [6.45, 7) is 1.03. The number of rotatable bonds is 4. The molecule has 0 unspecified atom stereocenters. The SMILES string of the molecule is c1csc(-c2nc(CSc3nnc4n3CCCCC4)co2)c1. The van der Waals surface area contributed by atoms with Gasteiger partial charge in [-0.1, -0.05) is 24.2 Å². The smallest absolute Gasteiger partial charge is 0.236 e. The number of fused-ring (bicyclic) bond motifs is 1. The van der Waals surface area contributed by atoms with Crippen LogP contribution in [0.25, 0.3) is 10.8 Å². The fourth-order valence-electron chi connectivity index (χ4n) is 2.59. The Morgan fingerprint density at radius 2 is 2.27 bits per heavy atom. The van der Waals surface area contributed by atoms with Crippen LogP contribution in [0, 0.1) is 0 Å². The second kappa shape index (κ2) is 6.26. The summed E-state index contributed by atoms with van der Waals surface area (Å²) in [6.07, 6.45) is 6.49. The van der Waals surface area contributed by atoms with E-state index in [-0.39, 0.29) is 0 Å². The number of hydrogen-bond donors (Lipinski definition) is 0. The van der Waals surface area contributed by atoms with Gasteiger partial charge in [-0.05, 0) is 24.3 Å². The summed E-state index contributed by atoms with van der Waals surface area (Å²) < 4.78 is 7.82. The van der Waals surface area contributed by atoms with E-state index in [1.54, 1.807) is 29.4 Å². The van der Waals surface area contributed by atoms with Crippen molar-refractivity contribution < 1.29 is 4.42 Å². The van der Waals surface area contributed by atoms with Crippen molar-refractivity contribution in [3.05, 3.63) is 35.3 Å². The van der Waals surface area contributed by atoms with Gasteiger partial charge in [0.25, 0.3) is 0 Å². The second-order valence-corrected chi connectivity index (χ2v) is 7.16. The molecule has 0 radical (unpaired) electrons. The van der Waals surface area contributed by atoms with Crippen LogP contribution in [0.4, 0.5) is 0 Å². The Balaban J connectivity index is 1.46. The van der Waals surface area contributed by atoms with Gasteiger partial charge in [0, 0.05) is 18.7 Å². The largest absolute Gasteiger partial charge is 0.444 e. The van der Waals surface area contributed by atoms with Crippen LogP contribution in [-0.2, 0) is 18.7 Å². The van der Waals surface area contributed by atoms with Crippen LogP contribution in [0.15, 0.2) is 33.3 Å². The Hall–Kier alpha value is -1.60. The molecule has 0 saturated heterocycles. The molecule has 0 amide bonds. The zero-order chi connectivity index (χ0) is 14.8. The van der Waals surface area contributed by atoms with E-state index >= 15 is 0 Å². The molecule has 4 heterocycles. The highest BCUT2D eigenvalue weighted by molar-refractivity contribution is 7.98. The minimum atomic E-state index is 0.700. The third-order valence-electron chi connectivity index (χ3n) is 3.71. The Kier molecular flexibility index (Phi) is 3.99. The molecule has 114 valence electrons. The Labute approximate surface area is 136 Å². The lowest BCUT2D eigenvalue weighted by molar-refractivity contribution is 0.575. The van der Waals surface area contributed by atoms with E-state index < -0.39 is 0 Å². The molecule has 0 spiro atoms. The summed E-state index contributed by atoms with van der Waals surface area (Å²) >= 11 is 3.32. The highest BCUT2D eigenvalue weighted by Gasteiger charge is 2.16. The van der Waals surface area contributed by atoms with E-state index in [1.807, 2.05) is 17.5 Å². The summed E-state index contributed by atoms with van der Waals surface area (Å²) in [5, 5.41) is 11.7. The molecule has 5 nitrogen and oxygen atoms in total. The molecule has 4 rings (SSSR count). The van der Waals surface area contributed by atoms with Gasteiger partial charge in [0.2, 0.25) is 5.89 Å². The number of aromatic nitrogens is 4. The predicted molar refractivity (Wildman–Crippen MR) is 87.0 cm³/mol. The minimum absolute atomic E-state index is 0.700. The molecule has 0 bridgehead atoms. The number of hydrogen-bond acceptors (Lipinski definition) is 6. The van der Waals surface area contributed by atoms with E-state index in [1.165, 1.54) is 19.3 Å². The van der Waals surface area contributed by atoms with Crippen LogP contribution >= 0.6 is 23.1 Å². The van der Waals surface area contributed by atoms with Gasteiger partial charge in [-0.3, -0.25) is 0 Å². The van der Waals surface area contributed by atoms with Crippen LogP contribution in [-0.4, -0.2) is 19.7 Å². The number of thiophene rings is 1. The molecule has 0 atom stereocenters. The summed E-state index contributed by atoms with van der Waals surface area (Å²) in [7, 11) is 0. The molecule has 3 aromatic rings. The first-order valence-electron chi connectivity index (χ1n) is 7.43. The average Bonchev–Trinajstić information content (AvgIpc) is 3.24. The lowest BCUT2D eigenvalue weighted by Crippen LogP contribution is -2.02. The monoisotopic (exact) mass is 332 g/mol. The number of oxazole rings is 1. The van der Waals surface area contributed by atoms with E-state index in [2.05, 4.69) is 19.7 Å². The second-order valence-electron chi connectivity index (χ2n) is 5.27. The zero-order valence-electron chi connectivity index (χ0n) is 12.1. The molecule has 22 heavy (non-hydrogen) atoms. The van der Waals surface area contributed by atoms with Crippen molar-refractivity contribution in [1.29, 1.82) is 0 Å². The third-order valence-corrected chi connectivity index (χ3v) is 5.57. The maximum absolute atomic E-state index is 5.55. The lowest BCUT2D eigenvalue weighted by atomic mass is 10.2. The van der Waals surface area contributed by atoms with Crippen LogP contribution in [0.3, 0.4) is 0 Å². The molecule has 1 aliphatic heterocycles. The summed E-state index contributed by atoms with van der Waals surface area (Å²) in [5.74, 6) is 2.58. The van der Waals surface area contributed by atoms with Gasteiger partial charge >= 0.3 is 0 Å². The fourth-order valence-corrected chi connectivity index (χ4v) is 4.11. The first kappa shape index (κ1) is 14.0. The van der Waals surface area contributed by atoms with Gasteiger partial charge < -0.3 is 8.98 Å². The molecular formula is C15H16N4OS2. The molecular weight excluding hydrogens is 316 g/mol. The van der Waals surface area contributed by atoms with Gasteiger partial charge in [0.1, 0.15) is 12.1 Å². The minimum Gasteiger partial charge on any atom is -0.444 e. The van der Waals surface area contributed by atoms with Crippen LogP contribution in [0.5, 0.6) is 0 Å².